The lowest BCUT2D eigenvalue weighted by molar-refractivity contribution is -0.136. The van der Waals surface area contributed by atoms with Crippen LogP contribution in [0.1, 0.15) is 27.2 Å². The third-order valence-corrected chi connectivity index (χ3v) is 6.05. The number of nitrogens with one attached hydrogen (secondary N) is 2. The predicted molar refractivity (Wildman–Crippen MR) is 108 cm³/mol. The van der Waals surface area contributed by atoms with Gasteiger partial charge in [0.1, 0.15) is 11.3 Å². The van der Waals surface area contributed by atoms with E-state index < -0.39 is 33.4 Å². The van der Waals surface area contributed by atoms with Crippen LogP contribution in [0.15, 0.2) is 52.0 Å². The van der Waals surface area contributed by atoms with Gasteiger partial charge in [-0.1, -0.05) is 22.8 Å². The fraction of sp³-hybridized carbons (Fsp3) is 0.158. The molecule has 0 aliphatic carbocycles. The molecule has 0 saturated heterocycles. The van der Waals surface area contributed by atoms with E-state index in [0.29, 0.717) is 11.6 Å². The number of rotatable bonds is 5. The van der Waals surface area contributed by atoms with Gasteiger partial charge in [0, 0.05) is 10.7 Å². The molecule has 0 unspecified atom stereocenters. The number of anilines is 2. The normalized spacial score (nSPS) is 11.9. The molecule has 0 bridgehead atoms. The van der Waals surface area contributed by atoms with Gasteiger partial charge < -0.3 is 9.84 Å². The van der Waals surface area contributed by atoms with Crippen molar-refractivity contribution in [2.24, 2.45) is 0 Å². The van der Waals surface area contributed by atoms with E-state index in [1.165, 1.54) is 19.1 Å². The van der Waals surface area contributed by atoms with Crippen LogP contribution in [-0.2, 0) is 16.2 Å². The van der Waals surface area contributed by atoms with E-state index in [-0.39, 0.29) is 26.9 Å². The van der Waals surface area contributed by atoms with Gasteiger partial charge in [0.2, 0.25) is 0 Å². The third-order valence-electron chi connectivity index (χ3n) is 4.28. The molecule has 0 aliphatic rings. The second-order valence-corrected chi connectivity index (χ2v) is 8.61. The summed E-state index contributed by atoms with van der Waals surface area (Å²) in [5.74, 6) is -0.538. The van der Waals surface area contributed by atoms with Gasteiger partial charge in [0.25, 0.3) is 15.9 Å². The molecular formula is C19H15ClF3N3O4S. The summed E-state index contributed by atoms with van der Waals surface area (Å²) < 4.78 is 72.6. The zero-order valence-corrected chi connectivity index (χ0v) is 17.6. The van der Waals surface area contributed by atoms with Crippen molar-refractivity contribution in [3.8, 4) is 0 Å². The number of alkyl halides is 3. The molecule has 7 nitrogen and oxygen atoms in total. The molecule has 1 heterocycles. The summed E-state index contributed by atoms with van der Waals surface area (Å²) >= 11 is 5.93. The average molecular weight is 474 g/mol. The molecule has 1 amide bonds. The number of nitrogens with zero attached hydrogens (tertiary/aromatic N) is 1. The van der Waals surface area contributed by atoms with E-state index in [9.17, 15) is 26.4 Å². The molecule has 3 aromatic rings. The Morgan fingerprint density at radius 2 is 1.84 bits per heavy atom. The van der Waals surface area contributed by atoms with Gasteiger partial charge in [-0.05, 0) is 49.7 Å². The highest BCUT2D eigenvalue weighted by Crippen LogP contribution is 2.37. The quantitative estimate of drug-likeness (QED) is 0.542. The fourth-order valence-electron chi connectivity index (χ4n) is 2.61. The van der Waals surface area contributed by atoms with Gasteiger partial charge in [-0.25, -0.2) is 8.42 Å². The zero-order valence-electron chi connectivity index (χ0n) is 16.0. The first-order valence-corrected chi connectivity index (χ1v) is 10.5. The van der Waals surface area contributed by atoms with Crippen LogP contribution in [0.3, 0.4) is 0 Å². The minimum absolute atomic E-state index is 0.0505. The summed E-state index contributed by atoms with van der Waals surface area (Å²) in [5, 5.41) is 5.89. The molecular weight excluding hydrogens is 459 g/mol. The van der Waals surface area contributed by atoms with E-state index in [4.69, 9.17) is 16.1 Å². The van der Waals surface area contributed by atoms with Crippen LogP contribution in [-0.4, -0.2) is 19.5 Å². The van der Waals surface area contributed by atoms with E-state index in [1.807, 2.05) is 4.72 Å². The smallest absolute Gasteiger partial charge is 0.361 e. The first-order chi connectivity index (χ1) is 14.4. The van der Waals surface area contributed by atoms with Crippen LogP contribution >= 0.6 is 11.6 Å². The molecule has 2 aromatic carbocycles. The monoisotopic (exact) mass is 473 g/mol. The Morgan fingerprint density at radius 1 is 1.13 bits per heavy atom. The van der Waals surface area contributed by atoms with Crippen LogP contribution < -0.4 is 10.0 Å². The van der Waals surface area contributed by atoms with Crippen LogP contribution in [0.25, 0.3) is 0 Å². The second-order valence-electron chi connectivity index (χ2n) is 6.52. The number of aryl methyl sites for hydroxylation is 2. The van der Waals surface area contributed by atoms with Crippen molar-refractivity contribution >= 4 is 38.9 Å². The van der Waals surface area contributed by atoms with Crippen molar-refractivity contribution in [1.82, 2.24) is 5.16 Å². The second kappa shape index (κ2) is 8.23. The molecule has 0 spiro atoms. The summed E-state index contributed by atoms with van der Waals surface area (Å²) in [6.45, 7) is 3.13. The minimum atomic E-state index is -4.91. The first kappa shape index (κ1) is 22.6. The van der Waals surface area contributed by atoms with Crippen LogP contribution in [0.4, 0.5) is 24.5 Å². The van der Waals surface area contributed by atoms with Crippen molar-refractivity contribution < 1.29 is 30.9 Å². The number of hydrogen-bond donors (Lipinski definition) is 2. The maximum atomic E-state index is 13.6. The molecule has 2 N–H and O–H groups in total. The molecule has 0 radical (unpaired) electrons. The molecule has 164 valence electrons. The van der Waals surface area contributed by atoms with E-state index in [1.54, 1.807) is 6.92 Å². The van der Waals surface area contributed by atoms with Crippen LogP contribution in [0.5, 0.6) is 0 Å². The molecule has 3 rings (SSSR count). The molecule has 12 heteroatoms. The Hall–Kier alpha value is -3.05. The molecule has 0 aliphatic heterocycles. The highest BCUT2D eigenvalue weighted by atomic mass is 35.5. The highest BCUT2D eigenvalue weighted by molar-refractivity contribution is 7.92. The lowest BCUT2D eigenvalue weighted by Gasteiger charge is -2.17. The number of benzene rings is 2. The Bertz CT molecular complexity index is 1260. The van der Waals surface area contributed by atoms with Gasteiger partial charge >= 0.3 is 6.18 Å². The van der Waals surface area contributed by atoms with Crippen LogP contribution in [0, 0.1) is 13.8 Å². The number of amides is 1. The average Bonchev–Trinajstić information content (AvgIpc) is 3.10. The summed E-state index contributed by atoms with van der Waals surface area (Å²) in [5.41, 5.74) is -1.52. The summed E-state index contributed by atoms with van der Waals surface area (Å²) in [4.78, 5) is 11.9. The lowest BCUT2D eigenvalue weighted by atomic mass is 10.1. The number of carbonyl (C=O) groups excluding carboxylic acids is 1. The molecule has 0 atom stereocenters. The largest absolute Gasteiger partial charge is 0.418 e. The molecule has 0 saturated carbocycles. The van der Waals surface area contributed by atoms with Gasteiger partial charge in [-0.2, -0.15) is 13.2 Å². The minimum Gasteiger partial charge on any atom is -0.361 e. The van der Waals surface area contributed by atoms with Crippen molar-refractivity contribution in [3.05, 3.63) is 70.1 Å². The Kier molecular flexibility index (Phi) is 6.01. The predicted octanol–water partition coefficient (Wildman–Crippen LogP) is 5.02. The zero-order chi connectivity index (χ0) is 23.0. The Labute approximate surface area is 180 Å². The standard InChI is InChI=1S/C19H15ClF3N3O4S/c1-10-3-5-13(8-16(10)20)31(28,29)26-17-6-4-12(7-15(17)19(21,22)23)25-18(27)14-9-24-30-11(14)2/h3-9,26H,1-2H3,(H,25,27). The maximum Gasteiger partial charge on any atom is 0.418 e. The Balaban J connectivity index is 1.94. The van der Waals surface area contributed by atoms with E-state index in [2.05, 4.69) is 10.5 Å². The fourth-order valence-corrected chi connectivity index (χ4v) is 3.96. The molecule has 31 heavy (non-hydrogen) atoms. The topological polar surface area (TPSA) is 101 Å². The summed E-state index contributed by atoms with van der Waals surface area (Å²) in [7, 11) is -4.35. The van der Waals surface area contributed by atoms with Gasteiger partial charge in [0.05, 0.1) is 22.3 Å². The molecule has 0 fully saturated rings. The van der Waals surface area contributed by atoms with Gasteiger partial charge in [0.15, 0.2) is 0 Å². The number of aromatic nitrogens is 1. The van der Waals surface area contributed by atoms with E-state index in [0.717, 1.165) is 24.4 Å². The summed E-state index contributed by atoms with van der Waals surface area (Å²) in [6.07, 6.45) is -3.78. The van der Waals surface area contributed by atoms with Crippen molar-refractivity contribution in [2.75, 3.05) is 10.0 Å². The first-order valence-electron chi connectivity index (χ1n) is 8.61. The lowest BCUT2D eigenvalue weighted by Crippen LogP contribution is -2.18. The Morgan fingerprint density at radius 3 is 2.42 bits per heavy atom. The van der Waals surface area contributed by atoms with Crippen molar-refractivity contribution in [1.29, 1.82) is 0 Å². The maximum absolute atomic E-state index is 13.6. The third kappa shape index (κ3) is 5.00. The number of sulfonamides is 1. The highest BCUT2D eigenvalue weighted by Gasteiger charge is 2.35. The number of hydrogen-bond acceptors (Lipinski definition) is 5. The number of halogens is 4. The van der Waals surface area contributed by atoms with Gasteiger partial charge in [-0.15, -0.1) is 0 Å². The molecule has 1 aromatic heterocycles. The number of carbonyl (C=O) groups is 1. The van der Waals surface area contributed by atoms with Crippen molar-refractivity contribution in [2.45, 2.75) is 24.9 Å². The van der Waals surface area contributed by atoms with Crippen molar-refractivity contribution in [3.63, 3.8) is 0 Å². The van der Waals surface area contributed by atoms with Crippen LogP contribution in [0.2, 0.25) is 5.02 Å². The van der Waals surface area contributed by atoms with E-state index >= 15 is 0 Å². The SMILES string of the molecule is Cc1ccc(S(=O)(=O)Nc2ccc(NC(=O)c3cnoc3C)cc2C(F)(F)F)cc1Cl. The summed E-state index contributed by atoms with van der Waals surface area (Å²) in [6, 6.07) is 6.48. The van der Waals surface area contributed by atoms with Gasteiger partial charge in [-0.3, -0.25) is 9.52 Å².